The molecule has 0 aromatic heterocycles. The maximum Gasteiger partial charge on any atom is 0.121 e. The Morgan fingerprint density at radius 1 is 1.23 bits per heavy atom. The molecule has 1 rings (SSSR count). The van der Waals surface area contributed by atoms with Crippen molar-refractivity contribution < 1.29 is 4.70 Å². The van der Waals surface area contributed by atoms with Gasteiger partial charge in [0.25, 0.3) is 0 Å². The number of likely N-dealkylation sites (N-methyl/N-ethyl adjacent to an activating group) is 1. The molecule has 0 fully saturated rings. The van der Waals surface area contributed by atoms with Crippen molar-refractivity contribution >= 4 is 0 Å². The molecule has 1 atom stereocenters. The van der Waals surface area contributed by atoms with Gasteiger partial charge >= 0.3 is 0 Å². The Morgan fingerprint density at radius 2 is 1.77 bits per heavy atom. The predicted molar refractivity (Wildman–Crippen MR) is 54.3 cm³/mol. The zero-order valence-electron chi connectivity index (χ0n) is 8.27. The smallest absolute Gasteiger partial charge is 0.121 e. The molecule has 0 bridgehead atoms. The van der Waals surface area contributed by atoms with Gasteiger partial charge < -0.3 is 0 Å². The molecule has 0 saturated heterocycles. The van der Waals surface area contributed by atoms with Gasteiger partial charge in [-0.15, -0.1) is 0 Å². The third-order valence-electron chi connectivity index (χ3n) is 2.04. The van der Waals surface area contributed by atoms with Gasteiger partial charge in [-0.05, 0) is 5.56 Å². The van der Waals surface area contributed by atoms with Gasteiger partial charge in [0, 0.05) is 5.92 Å². The van der Waals surface area contributed by atoms with Crippen LogP contribution in [0.2, 0.25) is 0 Å². The van der Waals surface area contributed by atoms with Crippen LogP contribution in [0.15, 0.2) is 30.3 Å². The normalized spacial score (nSPS) is 14.2. The third-order valence-corrected chi connectivity index (χ3v) is 2.04. The maximum atomic E-state index is 5.69. The topological polar surface area (TPSA) is 52.0 Å². The van der Waals surface area contributed by atoms with Crippen LogP contribution in [0.4, 0.5) is 0 Å². The van der Waals surface area contributed by atoms with Gasteiger partial charge in [-0.2, -0.15) is 16.4 Å². The van der Waals surface area contributed by atoms with Crippen molar-refractivity contribution in [3.05, 3.63) is 35.9 Å². The molecule has 0 heterocycles. The van der Waals surface area contributed by atoms with Crippen LogP contribution in [0.5, 0.6) is 0 Å². The van der Waals surface area contributed by atoms with Crippen molar-refractivity contribution in [3.8, 4) is 0 Å². The number of rotatable bonds is 3. The summed E-state index contributed by atoms with van der Waals surface area (Å²) in [6, 6.07) is 10.3. The van der Waals surface area contributed by atoms with Crippen LogP contribution in [0.3, 0.4) is 0 Å². The van der Waals surface area contributed by atoms with Gasteiger partial charge in [-0.3, -0.25) is 0 Å². The highest BCUT2D eigenvalue weighted by Crippen LogP contribution is 2.15. The fourth-order valence-electron chi connectivity index (χ4n) is 1.48. The molecule has 4 N–H and O–H groups in total. The van der Waals surface area contributed by atoms with Crippen molar-refractivity contribution in [3.63, 3.8) is 0 Å². The van der Waals surface area contributed by atoms with Crippen molar-refractivity contribution in [2.24, 2.45) is 11.7 Å². The lowest BCUT2D eigenvalue weighted by Gasteiger charge is -2.24. The summed E-state index contributed by atoms with van der Waals surface area (Å²) in [5.41, 5.74) is 1.28. The average Bonchev–Trinajstić information content (AvgIpc) is 2.03. The average molecular weight is 180 g/mol. The fourth-order valence-corrected chi connectivity index (χ4v) is 1.48. The summed E-state index contributed by atoms with van der Waals surface area (Å²) in [5, 5.41) is 0. The first kappa shape index (κ1) is 10.2. The molecule has 0 unspecified atom stereocenters. The van der Waals surface area contributed by atoms with E-state index in [0.717, 1.165) is 6.54 Å². The third kappa shape index (κ3) is 3.55. The quantitative estimate of drug-likeness (QED) is 0.414. The minimum Gasteiger partial charge on any atom is -0.178 e. The molecule has 13 heavy (non-hydrogen) atoms. The van der Waals surface area contributed by atoms with Crippen LogP contribution < -0.4 is 11.7 Å². The van der Waals surface area contributed by atoms with Gasteiger partial charge in [0.05, 0.1) is 0 Å². The summed E-state index contributed by atoms with van der Waals surface area (Å²) >= 11 is 0. The molecule has 1 aromatic carbocycles. The Morgan fingerprint density at radius 3 is 2.23 bits per heavy atom. The Labute approximate surface area is 79.5 Å². The highest BCUT2D eigenvalue weighted by molar-refractivity contribution is 5.18. The summed E-state index contributed by atoms with van der Waals surface area (Å²) in [5.74, 6) is 11.8. The Kier molecular flexibility index (Phi) is 3.03. The van der Waals surface area contributed by atoms with E-state index < -0.39 is 0 Å². The van der Waals surface area contributed by atoms with Crippen molar-refractivity contribution in [1.29, 1.82) is 0 Å². The largest absolute Gasteiger partial charge is 0.178 e. The summed E-state index contributed by atoms with van der Waals surface area (Å²) in [6.07, 6.45) is 0. The lowest BCUT2D eigenvalue weighted by molar-refractivity contribution is -0.934. The van der Waals surface area contributed by atoms with Crippen LogP contribution in [0.1, 0.15) is 18.4 Å². The minimum absolute atomic E-state index is 0.0239. The summed E-state index contributed by atoms with van der Waals surface area (Å²) in [7, 11) is 1.79. The SMILES string of the molecule is C[C@@H](C[N+](C)(N)N)c1ccccc1. The standard InChI is InChI=1S/C10H18N3/c1-9(8-13(2,11)12)10-6-4-3-5-7-10/h3-7,9H,8,11-12H2,1-2H3/q+1/t9-/m0/s1. The first-order chi connectivity index (χ1) is 5.99. The number of hydrogen-bond donors (Lipinski definition) is 2. The molecule has 0 amide bonds. The zero-order valence-corrected chi connectivity index (χ0v) is 8.27. The number of quaternary nitrogens is 1. The number of nitrogens with zero attached hydrogens (tertiary/aromatic N) is 1. The molecule has 72 valence electrons. The predicted octanol–water partition coefficient (Wildman–Crippen LogP) is 0.984. The first-order valence-corrected chi connectivity index (χ1v) is 4.46. The van der Waals surface area contributed by atoms with Gasteiger partial charge in [0.15, 0.2) is 0 Å². The maximum absolute atomic E-state index is 5.69. The molecule has 0 aliphatic heterocycles. The lowest BCUT2D eigenvalue weighted by atomic mass is 10.0. The lowest BCUT2D eigenvalue weighted by Crippen LogP contribution is -2.58. The Bertz CT molecular complexity index is 251. The van der Waals surface area contributed by atoms with E-state index in [1.807, 2.05) is 18.2 Å². The second-order valence-corrected chi connectivity index (χ2v) is 3.84. The van der Waals surface area contributed by atoms with Crippen LogP contribution in [0.25, 0.3) is 0 Å². The monoisotopic (exact) mass is 180 g/mol. The van der Waals surface area contributed by atoms with E-state index >= 15 is 0 Å². The second-order valence-electron chi connectivity index (χ2n) is 3.84. The molecular formula is C10H18N3+. The van der Waals surface area contributed by atoms with Gasteiger partial charge in [-0.1, -0.05) is 37.3 Å². The minimum atomic E-state index is 0.0239. The van der Waals surface area contributed by atoms with E-state index in [2.05, 4.69) is 19.1 Å². The van der Waals surface area contributed by atoms with E-state index in [9.17, 15) is 0 Å². The van der Waals surface area contributed by atoms with Crippen LogP contribution in [-0.4, -0.2) is 18.3 Å². The Hall–Kier alpha value is -0.900. The van der Waals surface area contributed by atoms with Crippen molar-refractivity contribution in [2.45, 2.75) is 12.8 Å². The van der Waals surface area contributed by atoms with E-state index in [4.69, 9.17) is 11.7 Å². The van der Waals surface area contributed by atoms with Crippen LogP contribution >= 0.6 is 0 Å². The summed E-state index contributed by atoms with van der Waals surface area (Å²) < 4.78 is 0.0239. The number of benzene rings is 1. The molecule has 0 spiro atoms. The van der Waals surface area contributed by atoms with Crippen LogP contribution in [0, 0.1) is 0 Å². The number of nitrogens with two attached hydrogens (primary N) is 2. The first-order valence-electron chi connectivity index (χ1n) is 4.46. The van der Waals surface area contributed by atoms with Crippen molar-refractivity contribution in [1.82, 2.24) is 0 Å². The zero-order chi connectivity index (χ0) is 9.90. The number of hydrogen-bond acceptors (Lipinski definition) is 2. The van der Waals surface area contributed by atoms with E-state index in [0.29, 0.717) is 5.92 Å². The second kappa shape index (κ2) is 3.87. The summed E-state index contributed by atoms with van der Waals surface area (Å²) in [4.78, 5) is 0. The van der Waals surface area contributed by atoms with E-state index in [1.54, 1.807) is 7.05 Å². The highest BCUT2D eigenvalue weighted by Gasteiger charge is 2.16. The van der Waals surface area contributed by atoms with Gasteiger partial charge in [-0.25, -0.2) is 0 Å². The highest BCUT2D eigenvalue weighted by atomic mass is 15.7. The molecule has 3 nitrogen and oxygen atoms in total. The molecule has 0 aliphatic carbocycles. The van der Waals surface area contributed by atoms with Crippen molar-refractivity contribution in [2.75, 3.05) is 13.6 Å². The van der Waals surface area contributed by atoms with Gasteiger partial charge in [0.2, 0.25) is 0 Å². The molecule has 0 saturated carbocycles. The van der Waals surface area contributed by atoms with E-state index in [1.165, 1.54) is 5.56 Å². The molecule has 1 aromatic rings. The molecule has 3 heteroatoms. The van der Waals surface area contributed by atoms with E-state index in [-0.39, 0.29) is 4.70 Å². The molecular weight excluding hydrogens is 162 g/mol. The molecule has 0 aliphatic rings. The van der Waals surface area contributed by atoms with Crippen LogP contribution in [-0.2, 0) is 0 Å². The molecule has 0 radical (unpaired) electrons. The summed E-state index contributed by atoms with van der Waals surface area (Å²) in [6.45, 7) is 2.87. The van der Waals surface area contributed by atoms with Gasteiger partial charge in [0.1, 0.15) is 13.6 Å². The Balaban J connectivity index is 2.64. The fraction of sp³-hybridized carbons (Fsp3) is 0.400.